The first-order valence-corrected chi connectivity index (χ1v) is 7.40. The average Bonchev–Trinajstić information content (AvgIpc) is 2.89. The molecule has 0 unspecified atom stereocenters. The van der Waals surface area contributed by atoms with E-state index in [1.165, 1.54) is 11.3 Å². The van der Waals surface area contributed by atoms with Crippen LogP contribution in [0.3, 0.4) is 0 Å². The van der Waals surface area contributed by atoms with Crippen molar-refractivity contribution in [3.63, 3.8) is 0 Å². The highest BCUT2D eigenvalue weighted by Gasteiger charge is 2.26. The second-order valence-corrected chi connectivity index (χ2v) is 5.59. The molecule has 5 nitrogen and oxygen atoms in total. The van der Waals surface area contributed by atoms with Gasteiger partial charge in [-0.2, -0.15) is 5.10 Å². The van der Waals surface area contributed by atoms with Crippen molar-refractivity contribution >= 4 is 28.9 Å². The standard InChI is InChI=1S/C14H20N2O3S/c1-5-19-14(18)12(9(2)3)10(4)15-16-13(17)11-7-6-8-20-11/h6-9,12H,5H2,1-4H3,(H,16,17)/b15-10-/t12-/m1/s1. The molecule has 0 saturated heterocycles. The number of amides is 1. The highest BCUT2D eigenvalue weighted by molar-refractivity contribution is 7.12. The van der Waals surface area contributed by atoms with E-state index >= 15 is 0 Å². The molecule has 1 rings (SSSR count). The number of carbonyl (C=O) groups is 2. The van der Waals surface area contributed by atoms with Crippen LogP contribution < -0.4 is 5.43 Å². The molecule has 0 aliphatic rings. The summed E-state index contributed by atoms with van der Waals surface area (Å²) in [5.74, 6) is -0.977. The molecule has 0 aliphatic heterocycles. The van der Waals surface area contributed by atoms with Crippen LogP contribution in [-0.2, 0) is 9.53 Å². The van der Waals surface area contributed by atoms with Crippen LogP contribution in [0.15, 0.2) is 22.6 Å². The summed E-state index contributed by atoms with van der Waals surface area (Å²) in [7, 11) is 0. The second-order valence-electron chi connectivity index (χ2n) is 4.65. The third kappa shape index (κ3) is 4.45. The van der Waals surface area contributed by atoms with Crippen LogP contribution in [0.2, 0.25) is 0 Å². The Hall–Kier alpha value is -1.69. The van der Waals surface area contributed by atoms with Gasteiger partial charge < -0.3 is 4.74 Å². The van der Waals surface area contributed by atoms with Gasteiger partial charge in [0.25, 0.3) is 5.91 Å². The van der Waals surface area contributed by atoms with E-state index in [2.05, 4.69) is 10.5 Å². The number of hydrazone groups is 1. The van der Waals surface area contributed by atoms with E-state index in [4.69, 9.17) is 4.74 Å². The Labute approximate surface area is 123 Å². The molecule has 1 atom stereocenters. The molecule has 0 fully saturated rings. The molecule has 1 N–H and O–H groups in total. The van der Waals surface area contributed by atoms with Gasteiger partial charge in [-0.3, -0.25) is 9.59 Å². The molecule has 1 aromatic heterocycles. The number of hydrogen-bond donors (Lipinski definition) is 1. The van der Waals surface area contributed by atoms with Crippen LogP contribution in [-0.4, -0.2) is 24.2 Å². The van der Waals surface area contributed by atoms with Crippen molar-refractivity contribution in [3.05, 3.63) is 22.4 Å². The minimum absolute atomic E-state index is 0.0523. The molecular formula is C14H20N2O3S. The topological polar surface area (TPSA) is 67.8 Å². The number of carbonyl (C=O) groups excluding carboxylic acids is 2. The first-order valence-electron chi connectivity index (χ1n) is 6.52. The minimum atomic E-state index is -0.446. The van der Waals surface area contributed by atoms with Crippen LogP contribution in [0, 0.1) is 11.8 Å². The van der Waals surface area contributed by atoms with Gasteiger partial charge in [0.1, 0.15) is 0 Å². The fourth-order valence-corrected chi connectivity index (χ4v) is 2.44. The summed E-state index contributed by atoms with van der Waals surface area (Å²) >= 11 is 1.34. The third-order valence-electron chi connectivity index (χ3n) is 2.74. The van der Waals surface area contributed by atoms with Gasteiger partial charge >= 0.3 is 5.97 Å². The number of rotatable bonds is 6. The largest absolute Gasteiger partial charge is 0.465 e. The van der Waals surface area contributed by atoms with Gasteiger partial charge in [-0.05, 0) is 31.2 Å². The van der Waals surface area contributed by atoms with Crippen molar-refractivity contribution in [1.29, 1.82) is 0 Å². The lowest BCUT2D eigenvalue weighted by atomic mass is 9.92. The fraction of sp³-hybridized carbons (Fsp3) is 0.500. The van der Waals surface area contributed by atoms with Gasteiger partial charge in [0.15, 0.2) is 0 Å². The number of thiophene rings is 1. The number of esters is 1. The normalized spacial score (nSPS) is 13.2. The Kier molecular flexibility index (Phi) is 6.38. The molecule has 0 radical (unpaired) electrons. The SMILES string of the molecule is CCOC(=O)[C@@H](/C(C)=N\NC(=O)c1cccs1)C(C)C. The molecular weight excluding hydrogens is 276 g/mol. The van der Waals surface area contributed by atoms with Crippen molar-refractivity contribution < 1.29 is 14.3 Å². The Balaban J connectivity index is 2.74. The Morgan fingerprint density at radius 2 is 2.15 bits per heavy atom. The van der Waals surface area contributed by atoms with Gasteiger partial charge in [0.05, 0.1) is 17.4 Å². The zero-order chi connectivity index (χ0) is 15.1. The van der Waals surface area contributed by atoms with Crippen molar-refractivity contribution in [2.24, 2.45) is 16.9 Å². The highest BCUT2D eigenvalue weighted by atomic mass is 32.1. The lowest BCUT2D eigenvalue weighted by Gasteiger charge is -2.18. The minimum Gasteiger partial charge on any atom is -0.465 e. The number of nitrogens with zero attached hydrogens (tertiary/aromatic N) is 1. The van der Waals surface area contributed by atoms with E-state index in [-0.39, 0.29) is 17.8 Å². The molecule has 0 bridgehead atoms. The summed E-state index contributed by atoms with van der Waals surface area (Å²) < 4.78 is 5.04. The third-order valence-corrected chi connectivity index (χ3v) is 3.60. The van der Waals surface area contributed by atoms with Crippen LogP contribution in [0.4, 0.5) is 0 Å². The summed E-state index contributed by atoms with van der Waals surface area (Å²) in [5.41, 5.74) is 3.01. The van der Waals surface area contributed by atoms with E-state index in [0.29, 0.717) is 17.2 Å². The highest BCUT2D eigenvalue weighted by Crippen LogP contribution is 2.15. The summed E-state index contributed by atoms with van der Waals surface area (Å²) in [6.07, 6.45) is 0. The van der Waals surface area contributed by atoms with E-state index < -0.39 is 5.92 Å². The maximum absolute atomic E-state index is 11.9. The van der Waals surface area contributed by atoms with Crippen LogP contribution in [0.25, 0.3) is 0 Å². The zero-order valence-electron chi connectivity index (χ0n) is 12.2. The summed E-state index contributed by atoms with van der Waals surface area (Å²) in [4.78, 5) is 24.2. The number of hydrogen-bond acceptors (Lipinski definition) is 5. The molecule has 1 amide bonds. The molecule has 6 heteroatoms. The average molecular weight is 296 g/mol. The van der Waals surface area contributed by atoms with Gasteiger partial charge in [0.2, 0.25) is 0 Å². The van der Waals surface area contributed by atoms with Crippen molar-refractivity contribution in [1.82, 2.24) is 5.43 Å². The quantitative estimate of drug-likeness (QED) is 0.498. The van der Waals surface area contributed by atoms with Gasteiger partial charge in [-0.15, -0.1) is 11.3 Å². The second kappa shape index (κ2) is 7.79. The van der Waals surface area contributed by atoms with E-state index in [1.807, 2.05) is 19.2 Å². The van der Waals surface area contributed by atoms with E-state index in [0.717, 1.165) is 0 Å². The maximum Gasteiger partial charge on any atom is 0.314 e. The first-order chi connectivity index (χ1) is 9.47. The van der Waals surface area contributed by atoms with Gasteiger partial charge in [-0.1, -0.05) is 19.9 Å². The van der Waals surface area contributed by atoms with Crippen LogP contribution in [0.5, 0.6) is 0 Å². The smallest absolute Gasteiger partial charge is 0.314 e. The molecule has 1 heterocycles. The van der Waals surface area contributed by atoms with Gasteiger partial charge in [0, 0.05) is 5.71 Å². The molecule has 110 valence electrons. The summed E-state index contributed by atoms with van der Waals surface area (Å²) in [5, 5.41) is 5.85. The van der Waals surface area contributed by atoms with Gasteiger partial charge in [-0.25, -0.2) is 5.43 Å². The Bertz CT molecular complexity index is 481. The number of nitrogens with one attached hydrogen (secondary N) is 1. The van der Waals surface area contributed by atoms with Crippen molar-refractivity contribution in [2.45, 2.75) is 27.7 Å². The molecule has 0 spiro atoms. The molecule has 1 aromatic rings. The van der Waals surface area contributed by atoms with Crippen LogP contribution in [0.1, 0.15) is 37.4 Å². The lowest BCUT2D eigenvalue weighted by molar-refractivity contribution is -0.146. The monoisotopic (exact) mass is 296 g/mol. The molecule has 20 heavy (non-hydrogen) atoms. The van der Waals surface area contributed by atoms with E-state index in [1.54, 1.807) is 26.0 Å². The molecule has 0 aliphatic carbocycles. The molecule has 0 saturated carbocycles. The molecule has 0 aromatic carbocycles. The van der Waals surface area contributed by atoms with Crippen LogP contribution >= 0.6 is 11.3 Å². The number of ether oxygens (including phenoxy) is 1. The van der Waals surface area contributed by atoms with Crippen molar-refractivity contribution in [3.8, 4) is 0 Å². The lowest BCUT2D eigenvalue weighted by Crippen LogP contribution is -2.31. The van der Waals surface area contributed by atoms with Crippen molar-refractivity contribution in [2.75, 3.05) is 6.61 Å². The predicted molar refractivity (Wildman–Crippen MR) is 79.9 cm³/mol. The zero-order valence-corrected chi connectivity index (χ0v) is 13.0. The first kappa shape index (κ1) is 16.4. The van der Waals surface area contributed by atoms with E-state index in [9.17, 15) is 9.59 Å². The summed E-state index contributed by atoms with van der Waals surface area (Å²) in [6.45, 7) is 7.65. The predicted octanol–water partition coefficient (Wildman–Crippen LogP) is 2.69. The Morgan fingerprint density at radius 1 is 1.45 bits per heavy atom. The maximum atomic E-state index is 11.9. The summed E-state index contributed by atoms with van der Waals surface area (Å²) in [6, 6.07) is 3.52. The Morgan fingerprint density at radius 3 is 2.65 bits per heavy atom. The fourth-order valence-electron chi connectivity index (χ4n) is 1.83.